The molecule has 2 aromatic rings. The van der Waals surface area contributed by atoms with Crippen LogP contribution in [0.25, 0.3) is 6.08 Å². The van der Waals surface area contributed by atoms with E-state index in [2.05, 4.69) is 50.0 Å². The fraction of sp³-hybridized carbons (Fsp3) is 0.414. The van der Waals surface area contributed by atoms with E-state index >= 15 is 0 Å². The average molecular weight is 474 g/mol. The maximum absolute atomic E-state index is 13.4. The van der Waals surface area contributed by atoms with E-state index in [1.54, 1.807) is 18.2 Å². The molecule has 4 amide bonds. The van der Waals surface area contributed by atoms with Gasteiger partial charge in [0.25, 0.3) is 11.8 Å². The fourth-order valence-electron chi connectivity index (χ4n) is 5.38. The van der Waals surface area contributed by atoms with Crippen molar-refractivity contribution in [2.75, 3.05) is 16.3 Å². The van der Waals surface area contributed by atoms with Crippen LogP contribution in [0.2, 0.25) is 0 Å². The number of nitrogens with zero attached hydrogens (tertiary/aromatic N) is 2. The summed E-state index contributed by atoms with van der Waals surface area (Å²) in [6.45, 7) is 14.0. The number of anilines is 2. The molecule has 0 radical (unpaired) electrons. The summed E-state index contributed by atoms with van der Waals surface area (Å²) in [6.07, 6.45) is 4.56. The summed E-state index contributed by atoms with van der Waals surface area (Å²) in [5.41, 5.74) is 5.81. The SMILES string of the molecule is CCCN1c2cc(C)c(/C=C3/C(=O)NC(=O)N(c4ccc(CC)cc4)C3=O)cc2C(C)CC1(C)C. The van der Waals surface area contributed by atoms with Gasteiger partial charge in [-0.2, -0.15) is 0 Å². The summed E-state index contributed by atoms with van der Waals surface area (Å²) in [7, 11) is 0. The molecule has 6 heteroatoms. The zero-order chi connectivity index (χ0) is 25.5. The zero-order valence-electron chi connectivity index (χ0n) is 21.6. The quantitative estimate of drug-likeness (QED) is 0.445. The molecule has 1 N–H and O–H groups in total. The normalized spacial score (nSPS) is 20.8. The van der Waals surface area contributed by atoms with Crippen molar-refractivity contribution in [1.82, 2.24) is 5.32 Å². The minimum Gasteiger partial charge on any atom is -0.366 e. The highest BCUT2D eigenvalue weighted by atomic mass is 16.2. The molecule has 4 rings (SSSR count). The van der Waals surface area contributed by atoms with E-state index in [9.17, 15) is 14.4 Å². The van der Waals surface area contributed by atoms with Gasteiger partial charge in [0, 0.05) is 17.8 Å². The van der Waals surface area contributed by atoms with E-state index < -0.39 is 17.8 Å². The first-order chi connectivity index (χ1) is 16.6. The molecule has 1 unspecified atom stereocenters. The number of carbonyl (C=O) groups excluding carboxylic acids is 3. The number of urea groups is 1. The number of amides is 4. The summed E-state index contributed by atoms with van der Waals surface area (Å²) < 4.78 is 0. The van der Waals surface area contributed by atoms with Crippen LogP contribution in [0.5, 0.6) is 0 Å². The van der Waals surface area contributed by atoms with Gasteiger partial charge in [0.05, 0.1) is 5.69 Å². The molecule has 0 bridgehead atoms. The van der Waals surface area contributed by atoms with Crippen molar-refractivity contribution in [2.45, 2.75) is 72.3 Å². The second-order valence-electron chi connectivity index (χ2n) is 10.3. The Hall–Kier alpha value is -3.41. The number of fused-ring (bicyclic) bond motifs is 1. The van der Waals surface area contributed by atoms with E-state index in [0.717, 1.165) is 47.4 Å². The molecular formula is C29H35N3O3. The predicted molar refractivity (Wildman–Crippen MR) is 141 cm³/mol. The van der Waals surface area contributed by atoms with Crippen molar-refractivity contribution in [3.05, 3.63) is 64.2 Å². The molecule has 0 saturated carbocycles. The van der Waals surface area contributed by atoms with E-state index in [0.29, 0.717) is 11.6 Å². The van der Waals surface area contributed by atoms with Crippen molar-refractivity contribution in [2.24, 2.45) is 0 Å². The van der Waals surface area contributed by atoms with Crippen LogP contribution < -0.4 is 15.1 Å². The van der Waals surface area contributed by atoms with Crippen LogP contribution in [0.3, 0.4) is 0 Å². The lowest BCUT2D eigenvalue weighted by atomic mass is 9.78. The molecule has 0 aromatic heterocycles. The molecule has 1 saturated heterocycles. The first-order valence-corrected chi connectivity index (χ1v) is 12.5. The first kappa shape index (κ1) is 24.7. The van der Waals surface area contributed by atoms with Gasteiger partial charge in [-0.05, 0) is 98.5 Å². The summed E-state index contributed by atoms with van der Waals surface area (Å²) in [5, 5.41) is 2.33. The third kappa shape index (κ3) is 4.49. The Balaban J connectivity index is 1.75. The van der Waals surface area contributed by atoms with Gasteiger partial charge in [0.15, 0.2) is 0 Å². The van der Waals surface area contributed by atoms with Crippen LogP contribution in [-0.4, -0.2) is 29.9 Å². The van der Waals surface area contributed by atoms with Crippen LogP contribution in [0.1, 0.15) is 75.6 Å². The fourth-order valence-corrected chi connectivity index (χ4v) is 5.38. The van der Waals surface area contributed by atoms with Crippen molar-refractivity contribution < 1.29 is 14.4 Å². The molecule has 1 fully saturated rings. The summed E-state index contributed by atoms with van der Waals surface area (Å²) in [6, 6.07) is 10.8. The second-order valence-corrected chi connectivity index (χ2v) is 10.3. The smallest absolute Gasteiger partial charge is 0.335 e. The Morgan fingerprint density at radius 1 is 1.09 bits per heavy atom. The van der Waals surface area contributed by atoms with Crippen molar-refractivity contribution in [3.63, 3.8) is 0 Å². The van der Waals surface area contributed by atoms with Crippen molar-refractivity contribution in [3.8, 4) is 0 Å². The van der Waals surface area contributed by atoms with E-state index in [1.165, 1.54) is 11.3 Å². The summed E-state index contributed by atoms with van der Waals surface area (Å²) >= 11 is 0. The Morgan fingerprint density at radius 2 is 1.77 bits per heavy atom. The standard InChI is InChI=1S/C29H35N3O3/c1-7-13-31-25-14-18(3)21(15-23(25)19(4)17-29(31,5)6)16-24-26(33)30-28(35)32(27(24)34)22-11-9-20(8-2)10-12-22/h9-12,14-16,19H,7-8,13,17H2,1-6H3,(H,30,33,35)/b24-16-. The highest BCUT2D eigenvalue weighted by Crippen LogP contribution is 2.44. The zero-order valence-corrected chi connectivity index (χ0v) is 21.6. The molecule has 0 aliphatic carbocycles. The summed E-state index contributed by atoms with van der Waals surface area (Å²) in [5.74, 6) is -0.931. The van der Waals surface area contributed by atoms with Gasteiger partial charge in [-0.3, -0.25) is 14.9 Å². The van der Waals surface area contributed by atoms with Crippen LogP contribution >= 0.6 is 0 Å². The monoisotopic (exact) mass is 473 g/mol. The molecule has 1 atom stereocenters. The predicted octanol–water partition coefficient (Wildman–Crippen LogP) is 5.73. The second kappa shape index (κ2) is 9.33. The number of hydrogen-bond acceptors (Lipinski definition) is 4. The molecule has 0 spiro atoms. The number of barbiturate groups is 1. The minimum absolute atomic E-state index is 0.0403. The molecule has 2 aliphatic heterocycles. The Morgan fingerprint density at radius 3 is 2.40 bits per heavy atom. The number of carbonyl (C=O) groups is 3. The van der Waals surface area contributed by atoms with E-state index in [-0.39, 0.29) is 11.1 Å². The van der Waals surface area contributed by atoms with Gasteiger partial charge in [-0.1, -0.05) is 32.9 Å². The van der Waals surface area contributed by atoms with Crippen LogP contribution in [0, 0.1) is 6.92 Å². The van der Waals surface area contributed by atoms with Crippen molar-refractivity contribution >= 4 is 35.3 Å². The Labute approximate surface area is 208 Å². The number of nitrogens with one attached hydrogen (secondary N) is 1. The lowest BCUT2D eigenvalue weighted by Gasteiger charge is -2.48. The van der Waals surface area contributed by atoms with Gasteiger partial charge in [0.1, 0.15) is 5.57 Å². The molecule has 2 aromatic carbocycles. The van der Waals surface area contributed by atoms with Crippen LogP contribution in [-0.2, 0) is 16.0 Å². The molecule has 6 nitrogen and oxygen atoms in total. The summed E-state index contributed by atoms with van der Waals surface area (Å²) in [4.78, 5) is 42.2. The maximum Gasteiger partial charge on any atom is 0.335 e. The molecule has 2 heterocycles. The van der Waals surface area contributed by atoms with E-state index in [1.807, 2.05) is 26.0 Å². The number of benzene rings is 2. The lowest BCUT2D eigenvalue weighted by Crippen LogP contribution is -2.54. The average Bonchev–Trinajstić information content (AvgIpc) is 2.80. The molecule has 35 heavy (non-hydrogen) atoms. The van der Waals surface area contributed by atoms with Crippen LogP contribution in [0.4, 0.5) is 16.2 Å². The van der Waals surface area contributed by atoms with Crippen molar-refractivity contribution in [1.29, 1.82) is 0 Å². The molecule has 2 aliphatic rings. The van der Waals surface area contributed by atoms with Gasteiger partial charge in [-0.25, -0.2) is 9.69 Å². The van der Waals surface area contributed by atoms with Gasteiger partial charge in [-0.15, -0.1) is 0 Å². The molecule has 184 valence electrons. The number of rotatable bonds is 5. The highest BCUT2D eigenvalue weighted by Gasteiger charge is 2.38. The maximum atomic E-state index is 13.4. The highest BCUT2D eigenvalue weighted by molar-refractivity contribution is 6.39. The topological polar surface area (TPSA) is 69.7 Å². The lowest BCUT2D eigenvalue weighted by molar-refractivity contribution is -0.122. The van der Waals surface area contributed by atoms with Gasteiger partial charge in [0.2, 0.25) is 0 Å². The third-order valence-electron chi connectivity index (χ3n) is 7.22. The number of hydrogen-bond donors (Lipinski definition) is 1. The molecular weight excluding hydrogens is 438 g/mol. The van der Waals surface area contributed by atoms with Gasteiger partial charge < -0.3 is 4.90 Å². The Kier molecular flexibility index (Phi) is 6.58. The minimum atomic E-state index is -0.727. The van der Waals surface area contributed by atoms with E-state index in [4.69, 9.17) is 0 Å². The number of imide groups is 2. The largest absolute Gasteiger partial charge is 0.366 e. The number of aryl methyl sites for hydroxylation is 2. The third-order valence-corrected chi connectivity index (χ3v) is 7.22. The van der Waals surface area contributed by atoms with Crippen LogP contribution in [0.15, 0.2) is 42.0 Å². The Bertz CT molecular complexity index is 1210. The van der Waals surface area contributed by atoms with Gasteiger partial charge >= 0.3 is 6.03 Å². The first-order valence-electron chi connectivity index (χ1n) is 12.5.